The molecular formula is C15H26N2O2. The Hall–Kier alpha value is -1.06. The van der Waals surface area contributed by atoms with E-state index in [0.717, 1.165) is 44.9 Å². The molecular weight excluding hydrogens is 240 g/mol. The maximum absolute atomic E-state index is 12.8. The third kappa shape index (κ3) is 2.37. The highest BCUT2D eigenvalue weighted by Crippen LogP contribution is 2.37. The Morgan fingerprint density at radius 3 is 2.37 bits per heavy atom. The smallest absolute Gasteiger partial charge is 0.249 e. The summed E-state index contributed by atoms with van der Waals surface area (Å²) in [4.78, 5) is 27.0. The molecule has 4 nitrogen and oxygen atoms in total. The third-order valence-electron chi connectivity index (χ3n) is 4.68. The van der Waals surface area contributed by atoms with Crippen LogP contribution in [0, 0.1) is 0 Å². The highest BCUT2D eigenvalue weighted by molar-refractivity contribution is 6.02. The lowest BCUT2D eigenvalue weighted by molar-refractivity contribution is -0.161. The Balaban J connectivity index is 2.19. The molecule has 108 valence electrons. The van der Waals surface area contributed by atoms with Gasteiger partial charge in [-0.3, -0.25) is 9.59 Å². The van der Waals surface area contributed by atoms with E-state index in [1.54, 1.807) is 0 Å². The number of nitrogens with zero attached hydrogens (tertiary/aromatic N) is 1. The molecule has 2 rings (SSSR count). The van der Waals surface area contributed by atoms with E-state index in [-0.39, 0.29) is 11.8 Å². The lowest BCUT2D eigenvalue weighted by Gasteiger charge is -2.49. The first-order valence-electron chi connectivity index (χ1n) is 7.59. The van der Waals surface area contributed by atoms with E-state index in [9.17, 15) is 9.59 Å². The van der Waals surface area contributed by atoms with Crippen LogP contribution < -0.4 is 5.32 Å². The Labute approximate surface area is 115 Å². The summed E-state index contributed by atoms with van der Waals surface area (Å²) >= 11 is 0. The van der Waals surface area contributed by atoms with E-state index >= 15 is 0 Å². The Kier molecular flexibility index (Phi) is 3.88. The first-order valence-corrected chi connectivity index (χ1v) is 7.59. The van der Waals surface area contributed by atoms with E-state index in [1.165, 1.54) is 0 Å². The normalized spacial score (nSPS) is 24.9. The second kappa shape index (κ2) is 5.14. The molecule has 0 aromatic heterocycles. The zero-order valence-electron chi connectivity index (χ0n) is 12.4. The van der Waals surface area contributed by atoms with Gasteiger partial charge in [-0.25, -0.2) is 0 Å². The summed E-state index contributed by atoms with van der Waals surface area (Å²) in [7, 11) is 0. The Bertz CT molecular complexity index is 370. The van der Waals surface area contributed by atoms with Crippen LogP contribution in [0.15, 0.2) is 0 Å². The molecule has 0 atom stereocenters. The van der Waals surface area contributed by atoms with Crippen molar-refractivity contribution < 1.29 is 9.59 Å². The van der Waals surface area contributed by atoms with Crippen molar-refractivity contribution in [2.45, 2.75) is 76.8 Å². The second-order valence-corrected chi connectivity index (χ2v) is 6.47. The van der Waals surface area contributed by atoms with Crippen LogP contribution in [-0.2, 0) is 9.59 Å². The van der Waals surface area contributed by atoms with E-state index < -0.39 is 11.1 Å². The molecule has 1 N–H and O–H groups in total. The lowest BCUT2D eigenvalue weighted by atomic mass is 9.85. The van der Waals surface area contributed by atoms with Crippen molar-refractivity contribution in [1.29, 1.82) is 0 Å². The molecule has 0 unspecified atom stereocenters. The van der Waals surface area contributed by atoms with E-state index in [4.69, 9.17) is 0 Å². The fourth-order valence-corrected chi connectivity index (χ4v) is 3.28. The fraction of sp³-hybridized carbons (Fsp3) is 0.867. The van der Waals surface area contributed by atoms with Crippen molar-refractivity contribution in [2.24, 2.45) is 0 Å². The molecule has 0 radical (unpaired) electrons. The van der Waals surface area contributed by atoms with Gasteiger partial charge in [0.1, 0.15) is 11.1 Å². The first kappa shape index (κ1) is 14.4. The summed E-state index contributed by atoms with van der Waals surface area (Å²) in [5.41, 5.74) is -1.29. The molecule has 0 aromatic rings. The quantitative estimate of drug-likeness (QED) is 0.793. The number of amides is 2. The molecule has 1 saturated carbocycles. The number of carbonyl (C=O) groups excluding carboxylic acids is 2. The number of unbranched alkanes of at least 4 members (excludes halogenated alkanes) is 2. The predicted octanol–water partition coefficient (Wildman–Crippen LogP) is 2.23. The average Bonchev–Trinajstić information content (AvgIpc) is 2.81. The molecule has 4 heteroatoms. The third-order valence-corrected chi connectivity index (χ3v) is 4.68. The van der Waals surface area contributed by atoms with Gasteiger partial charge in [-0.1, -0.05) is 32.6 Å². The highest BCUT2D eigenvalue weighted by Gasteiger charge is 2.54. The summed E-state index contributed by atoms with van der Waals surface area (Å²) in [6.07, 6.45) is 6.89. The van der Waals surface area contributed by atoms with Crippen molar-refractivity contribution in [1.82, 2.24) is 10.2 Å². The molecule has 1 aliphatic heterocycles. The van der Waals surface area contributed by atoms with Gasteiger partial charge in [-0.15, -0.1) is 0 Å². The number of hydrogen-bond donors (Lipinski definition) is 1. The largest absolute Gasteiger partial charge is 0.340 e. The van der Waals surface area contributed by atoms with Crippen LogP contribution in [-0.4, -0.2) is 34.3 Å². The first-order chi connectivity index (χ1) is 8.94. The van der Waals surface area contributed by atoms with E-state index in [1.807, 2.05) is 18.7 Å². The maximum atomic E-state index is 12.8. The predicted molar refractivity (Wildman–Crippen MR) is 74.7 cm³/mol. The van der Waals surface area contributed by atoms with Crippen molar-refractivity contribution >= 4 is 11.8 Å². The summed E-state index contributed by atoms with van der Waals surface area (Å²) in [5, 5.41) is 3.02. The van der Waals surface area contributed by atoms with Crippen LogP contribution in [0.4, 0.5) is 0 Å². The molecule has 0 aromatic carbocycles. The number of carbonyl (C=O) groups is 2. The van der Waals surface area contributed by atoms with Crippen LogP contribution in [0.5, 0.6) is 0 Å². The SMILES string of the molecule is CCCCCN1C(=O)C2(CCCC2)NC(=O)C1(C)C. The summed E-state index contributed by atoms with van der Waals surface area (Å²) in [6.45, 7) is 6.56. The van der Waals surface area contributed by atoms with E-state index in [0.29, 0.717) is 6.54 Å². The van der Waals surface area contributed by atoms with Crippen LogP contribution in [0.2, 0.25) is 0 Å². The number of piperazine rings is 1. The topological polar surface area (TPSA) is 49.4 Å². The van der Waals surface area contributed by atoms with Gasteiger partial charge in [0.05, 0.1) is 0 Å². The van der Waals surface area contributed by atoms with Gasteiger partial charge in [0.25, 0.3) is 0 Å². The molecule has 1 aliphatic carbocycles. The van der Waals surface area contributed by atoms with Gasteiger partial charge in [0.2, 0.25) is 11.8 Å². The molecule has 0 bridgehead atoms. The van der Waals surface area contributed by atoms with Crippen molar-refractivity contribution in [3.8, 4) is 0 Å². The molecule has 2 aliphatic rings. The maximum Gasteiger partial charge on any atom is 0.249 e. The van der Waals surface area contributed by atoms with Crippen LogP contribution in [0.3, 0.4) is 0 Å². The Morgan fingerprint density at radius 2 is 1.79 bits per heavy atom. The van der Waals surface area contributed by atoms with Gasteiger partial charge < -0.3 is 10.2 Å². The van der Waals surface area contributed by atoms with E-state index in [2.05, 4.69) is 12.2 Å². The van der Waals surface area contributed by atoms with Gasteiger partial charge in [0, 0.05) is 6.54 Å². The highest BCUT2D eigenvalue weighted by atomic mass is 16.2. The van der Waals surface area contributed by atoms with Gasteiger partial charge in [-0.2, -0.15) is 0 Å². The fourth-order valence-electron chi connectivity index (χ4n) is 3.28. The average molecular weight is 266 g/mol. The van der Waals surface area contributed by atoms with Crippen LogP contribution in [0.1, 0.15) is 65.7 Å². The summed E-state index contributed by atoms with van der Waals surface area (Å²) in [6, 6.07) is 0. The number of rotatable bonds is 4. The van der Waals surface area contributed by atoms with Gasteiger partial charge in [-0.05, 0) is 33.1 Å². The molecule has 19 heavy (non-hydrogen) atoms. The summed E-state index contributed by atoms with van der Waals surface area (Å²) < 4.78 is 0. The minimum atomic E-state index is -0.710. The molecule has 2 fully saturated rings. The Morgan fingerprint density at radius 1 is 1.16 bits per heavy atom. The molecule has 2 amide bonds. The van der Waals surface area contributed by atoms with Crippen molar-refractivity contribution in [2.75, 3.05) is 6.54 Å². The zero-order valence-corrected chi connectivity index (χ0v) is 12.4. The summed E-state index contributed by atoms with van der Waals surface area (Å²) in [5.74, 6) is 0.149. The minimum Gasteiger partial charge on any atom is -0.340 e. The standard InChI is InChI=1S/C15H26N2O2/c1-4-5-8-11-17-13(19)15(9-6-7-10-15)16-12(18)14(17,2)3/h4-11H2,1-3H3,(H,16,18). The van der Waals surface area contributed by atoms with Gasteiger partial charge >= 0.3 is 0 Å². The minimum absolute atomic E-state index is 0.00509. The second-order valence-electron chi connectivity index (χ2n) is 6.47. The molecule has 1 saturated heterocycles. The van der Waals surface area contributed by atoms with Crippen molar-refractivity contribution in [3.63, 3.8) is 0 Å². The molecule has 1 heterocycles. The van der Waals surface area contributed by atoms with Crippen molar-refractivity contribution in [3.05, 3.63) is 0 Å². The monoisotopic (exact) mass is 266 g/mol. The lowest BCUT2D eigenvalue weighted by Crippen LogP contribution is -2.73. The zero-order chi connectivity index (χ0) is 14.1. The number of nitrogens with one attached hydrogen (secondary N) is 1. The van der Waals surface area contributed by atoms with Crippen LogP contribution >= 0.6 is 0 Å². The van der Waals surface area contributed by atoms with Gasteiger partial charge in [0.15, 0.2) is 0 Å². The molecule has 1 spiro atoms. The van der Waals surface area contributed by atoms with Crippen LogP contribution in [0.25, 0.3) is 0 Å². The number of hydrogen-bond acceptors (Lipinski definition) is 2.